The van der Waals surface area contributed by atoms with Gasteiger partial charge in [0.25, 0.3) is 5.91 Å². The van der Waals surface area contributed by atoms with E-state index in [0.717, 1.165) is 50.7 Å². The molecule has 1 aromatic rings. The highest BCUT2D eigenvalue weighted by molar-refractivity contribution is 5.93. The quantitative estimate of drug-likeness (QED) is 0.819. The number of hydrogen-bond donors (Lipinski definition) is 1. The summed E-state index contributed by atoms with van der Waals surface area (Å²) in [7, 11) is 1.96. The number of carbonyl (C=O) groups is 1. The van der Waals surface area contributed by atoms with Gasteiger partial charge in [0.1, 0.15) is 5.69 Å². The van der Waals surface area contributed by atoms with Gasteiger partial charge in [-0.05, 0) is 19.1 Å². The first kappa shape index (κ1) is 12.7. The molecule has 3 heterocycles. The van der Waals surface area contributed by atoms with Crippen LogP contribution >= 0.6 is 0 Å². The van der Waals surface area contributed by atoms with Crippen molar-refractivity contribution in [2.24, 2.45) is 7.05 Å². The van der Waals surface area contributed by atoms with Crippen LogP contribution < -0.4 is 5.32 Å². The summed E-state index contributed by atoms with van der Waals surface area (Å²) in [6.07, 6.45) is 0. The fourth-order valence-corrected chi connectivity index (χ4v) is 2.81. The Bertz CT molecular complexity index is 470. The average molecular weight is 262 g/mol. The Morgan fingerprint density at radius 2 is 1.89 bits per heavy atom. The second-order valence-electron chi connectivity index (χ2n) is 5.56. The Morgan fingerprint density at radius 1 is 1.21 bits per heavy atom. The summed E-state index contributed by atoms with van der Waals surface area (Å²) in [4.78, 5) is 16.9. The predicted molar refractivity (Wildman–Crippen MR) is 74.3 cm³/mol. The fraction of sp³-hybridized carbons (Fsp3) is 0.643. The number of piperazine rings is 1. The standard InChI is InChI=1S/C14H22N4O/c1-11-3-4-13(16(11)2)14(19)18-7-5-17(6-8-18)12-9-15-10-12/h3-4,12,15H,5-10H2,1-2H3. The molecule has 0 bridgehead atoms. The molecule has 2 aliphatic heterocycles. The van der Waals surface area contributed by atoms with Gasteiger partial charge in [-0.1, -0.05) is 0 Å². The van der Waals surface area contributed by atoms with Crippen LogP contribution in [-0.2, 0) is 7.05 Å². The van der Waals surface area contributed by atoms with Crippen molar-refractivity contribution in [1.29, 1.82) is 0 Å². The molecule has 3 rings (SSSR count). The van der Waals surface area contributed by atoms with Crippen LogP contribution in [0.1, 0.15) is 16.2 Å². The molecule has 0 radical (unpaired) electrons. The summed E-state index contributed by atoms with van der Waals surface area (Å²) in [6.45, 7) is 7.93. The Morgan fingerprint density at radius 3 is 2.37 bits per heavy atom. The van der Waals surface area contributed by atoms with Gasteiger partial charge >= 0.3 is 0 Å². The molecule has 0 aliphatic carbocycles. The first-order chi connectivity index (χ1) is 9.16. The van der Waals surface area contributed by atoms with Crippen LogP contribution in [0.4, 0.5) is 0 Å². The van der Waals surface area contributed by atoms with E-state index in [-0.39, 0.29) is 5.91 Å². The van der Waals surface area contributed by atoms with E-state index >= 15 is 0 Å². The van der Waals surface area contributed by atoms with E-state index in [1.165, 1.54) is 0 Å². The highest BCUT2D eigenvalue weighted by Crippen LogP contribution is 2.14. The maximum atomic E-state index is 12.5. The molecule has 1 aromatic heterocycles. The van der Waals surface area contributed by atoms with E-state index < -0.39 is 0 Å². The third-order valence-electron chi connectivity index (χ3n) is 4.47. The summed E-state index contributed by atoms with van der Waals surface area (Å²) in [5, 5.41) is 3.30. The summed E-state index contributed by atoms with van der Waals surface area (Å²) >= 11 is 0. The molecule has 2 aliphatic rings. The molecule has 0 spiro atoms. The molecule has 1 N–H and O–H groups in total. The van der Waals surface area contributed by atoms with Crippen molar-refractivity contribution >= 4 is 5.91 Å². The van der Waals surface area contributed by atoms with Gasteiger partial charge in [-0.25, -0.2) is 0 Å². The minimum atomic E-state index is 0.169. The average Bonchev–Trinajstić information content (AvgIpc) is 2.68. The Labute approximate surface area is 114 Å². The molecule has 19 heavy (non-hydrogen) atoms. The van der Waals surface area contributed by atoms with Gasteiger partial charge in [-0.3, -0.25) is 9.69 Å². The Hall–Kier alpha value is -1.33. The second kappa shape index (κ2) is 4.98. The topological polar surface area (TPSA) is 40.5 Å². The highest BCUT2D eigenvalue weighted by atomic mass is 16.2. The third-order valence-corrected chi connectivity index (χ3v) is 4.47. The monoisotopic (exact) mass is 262 g/mol. The zero-order valence-electron chi connectivity index (χ0n) is 11.7. The lowest BCUT2D eigenvalue weighted by Gasteiger charge is -2.43. The zero-order chi connectivity index (χ0) is 13.4. The fourth-order valence-electron chi connectivity index (χ4n) is 2.81. The highest BCUT2D eigenvalue weighted by Gasteiger charge is 2.30. The van der Waals surface area contributed by atoms with Crippen LogP contribution in [0.15, 0.2) is 12.1 Å². The van der Waals surface area contributed by atoms with Crippen LogP contribution in [0.3, 0.4) is 0 Å². The van der Waals surface area contributed by atoms with Gasteiger partial charge in [0.15, 0.2) is 0 Å². The molecule has 104 valence electrons. The van der Waals surface area contributed by atoms with Crippen molar-refractivity contribution in [3.05, 3.63) is 23.5 Å². The van der Waals surface area contributed by atoms with Crippen molar-refractivity contribution in [2.45, 2.75) is 13.0 Å². The van der Waals surface area contributed by atoms with Crippen LogP contribution in [0.5, 0.6) is 0 Å². The maximum absolute atomic E-state index is 12.5. The molecule has 5 nitrogen and oxygen atoms in total. The van der Waals surface area contributed by atoms with E-state index in [2.05, 4.69) is 10.2 Å². The lowest BCUT2D eigenvalue weighted by molar-refractivity contribution is 0.0494. The second-order valence-corrected chi connectivity index (χ2v) is 5.56. The molecule has 1 amide bonds. The summed E-state index contributed by atoms with van der Waals surface area (Å²) in [5.74, 6) is 0.169. The van der Waals surface area contributed by atoms with Crippen molar-refractivity contribution in [2.75, 3.05) is 39.3 Å². The minimum Gasteiger partial charge on any atom is -0.344 e. The van der Waals surface area contributed by atoms with Gasteiger partial charge in [0.2, 0.25) is 0 Å². The molecule has 2 fully saturated rings. The van der Waals surface area contributed by atoms with Gasteiger partial charge < -0.3 is 14.8 Å². The molecule has 0 aromatic carbocycles. The maximum Gasteiger partial charge on any atom is 0.270 e. The number of rotatable bonds is 2. The van der Waals surface area contributed by atoms with Crippen LogP contribution in [0.25, 0.3) is 0 Å². The van der Waals surface area contributed by atoms with E-state index in [4.69, 9.17) is 0 Å². The first-order valence-electron chi connectivity index (χ1n) is 7.03. The van der Waals surface area contributed by atoms with Gasteiger partial charge in [0, 0.05) is 58.1 Å². The van der Waals surface area contributed by atoms with Crippen molar-refractivity contribution in [3.8, 4) is 0 Å². The number of amides is 1. The van der Waals surface area contributed by atoms with E-state index in [1.54, 1.807) is 0 Å². The number of hydrogen-bond acceptors (Lipinski definition) is 3. The Kier molecular flexibility index (Phi) is 3.33. The number of nitrogens with zero attached hydrogens (tertiary/aromatic N) is 3. The van der Waals surface area contributed by atoms with Crippen LogP contribution in [0, 0.1) is 6.92 Å². The number of aromatic nitrogens is 1. The third kappa shape index (κ3) is 2.28. The molecule has 5 heteroatoms. The lowest BCUT2D eigenvalue weighted by atomic mass is 10.1. The smallest absolute Gasteiger partial charge is 0.270 e. The molecule has 2 saturated heterocycles. The Balaban J connectivity index is 1.61. The van der Waals surface area contributed by atoms with Crippen molar-refractivity contribution < 1.29 is 4.79 Å². The zero-order valence-corrected chi connectivity index (χ0v) is 11.7. The number of carbonyl (C=O) groups excluding carboxylic acids is 1. The molecule has 0 atom stereocenters. The van der Waals surface area contributed by atoms with Crippen molar-refractivity contribution in [1.82, 2.24) is 19.7 Å². The van der Waals surface area contributed by atoms with Crippen LogP contribution in [0.2, 0.25) is 0 Å². The van der Waals surface area contributed by atoms with E-state index in [1.807, 2.05) is 35.6 Å². The normalized spacial score (nSPS) is 21.5. The molecule has 0 unspecified atom stereocenters. The number of aryl methyl sites for hydroxylation is 1. The number of nitrogens with one attached hydrogen (secondary N) is 1. The molecular weight excluding hydrogens is 240 g/mol. The van der Waals surface area contributed by atoms with Crippen LogP contribution in [-0.4, -0.2) is 65.6 Å². The van der Waals surface area contributed by atoms with E-state index in [9.17, 15) is 4.79 Å². The minimum absolute atomic E-state index is 0.169. The van der Waals surface area contributed by atoms with E-state index in [0.29, 0.717) is 6.04 Å². The summed E-state index contributed by atoms with van der Waals surface area (Å²) in [5.41, 5.74) is 1.93. The summed E-state index contributed by atoms with van der Waals surface area (Å²) in [6, 6.07) is 4.62. The largest absolute Gasteiger partial charge is 0.344 e. The first-order valence-corrected chi connectivity index (χ1v) is 7.03. The molecular formula is C14H22N4O. The molecule has 0 saturated carbocycles. The lowest BCUT2D eigenvalue weighted by Crippen LogP contribution is -2.62. The van der Waals surface area contributed by atoms with Gasteiger partial charge in [-0.2, -0.15) is 0 Å². The predicted octanol–water partition coefficient (Wildman–Crippen LogP) is 0.0631. The summed E-state index contributed by atoms with van der Waals surface area (Å²) < 4.78 is 1.98. The van der Waals surface area contributed by atoms with Gasteiger partial charge in [0.05, 0.1) is 0 Å². The van der Waals surface area contributed by atoms with Crippen molar-refractivity contribution in [3.63, 3.8) is 0 Å². The van der Waals surface area contributed by atoms with Gasteiger partial charge in [-0.15, -0.1) is 0 Å². The SMILES string of the molecule is Cc1ccc(C(=O)N2CCN(C3CNC3)CC2)n1C.